The lowest BCUT2D eigenvalue weighted by atomic mass is 10.0. The second-order valence-corrected chi connectivity index (χ2v) is 7.57. The molecule has 0 amide bonds. The van der Waals surface area contributed by atoms with Crippen molar-refractivity contribution in [3.05, 3.63) is 89.5 Å². The van der Waals surface area contributed by atoms with Crippen molar-refractivity contribution in [2.75, 3.05) is 5.75 Å². The van der Waals surface area contributed by atoms with Crippen LogP contribution in [-0.4, -0.2) is 31.7 Å². The van der Waals surface area contributed by atoms with E-state index in [4.69, 9.17) is 0 Å². The van der Waals surface area contributed by atoms with Crippen molar-refractivity contribution in [2.45, 2.75) is 11.6 Å². The number of aromatic nitrogens is 4. The highest BCUT2D eigenvalue weighted by molar-refractivity contribution is 7.99. The van der Waals surface area contributed by atoms with Gasteiger partial charge >= 0.3 is 0 Å². The number of thioether (sulfide) groups is 1. The molecule has 0 fully saturated rings. The molecule has 136 valence electrons. The van der Waals surface area contributed by atoms with E-state index in [2.05, 4.69) is 39.8 Å². The zero-order valence-electron chi connectivity index (χ0n) is 14.9. The Labute approximate surface area is 166 Å². The van der Waals surface area contributed by atoms with E-state index in [1.165, 1.54) is 34.0 Å². The van der Waals surface area contributed by atoms with Crippen LogP contribution in [0.5, 0.6) is 0 Å². The Morgan fingerprint density at radius 3 is 2.61 bits per heavy atom. The smallest absolute Gasteiger partial charge is 0.214 e. The fourth-order valence-electron chi connectivity index (χ4n) is 3.51. The van der Waals surface area contributed by atoms with Crippen molar-refractivity contribution >= 4 is 17.5 Å². The second-order valence-electron chi connectivity index (χ2n) is 6.63. The van der Waals surface area contributed by atoms with Gasteiger partial charge in [-0.05, 0) is 57.3 Å². The van der Waals surface area contributed by atoms with Crippen LogP contribution in [0.15, 0.2) is 78.0 Å². The van der Waals surface area contributed by atoms with Crippen molar-refractivity contribution < 1.29 is 4.79 Å². The Morgan fingerprint density at radius 2 is 1.71 bits per heavy atom. The Hall–Kier alpha value is -3.25. The highest BCUT2D eigenvalue weighted by Crippen LogP contribution is 2.37. The Balaban J connectivity index is 1.35. The Kier molecular flexibility index (Phi) is 4.25. The van der Waals surface area contributed by atoms with E-state index in [-0.39, 0.29) is 11.5 Å². The van der Waals surface area contributed by atoms with Crippen molar-refractivity contribution in [3.8, 4) is 16.8 Å². The number of rotatable bonds is 5. The van der Waals surface area contributed by atoms with Gasteiger partial charge in [-0.3, -0.25) is 4.79 Å². The van der Waals surface area contributed by atoms with E-state index in [0.29, 0.717) is 5.16 Å². The lowest BCUT2D eigenvalue weighted by Crippen LogP contribution is -2.05. The highest BCUT2D eigenvalue weighted by atomic mass is 32.2. The van der Waals surface area contributed by atoms with Crippen molar-refractivity contribution in [2.24, 2.45) is 0 Å². The van der Waals surface area contributed by atoms with Gasteiger partial charge in [0.1, 0.15) is 0 Å². The minimum absolute atomic E-state index is 0.0693. The summed E-state index contributed by atoms with van der Waals surface area (Å²) in [7, 11) is 0. The molecule has 5 nitrogen and oxygen atoms in total. The zero-order chi connectivity index (χ0) is 18.9. The van der Waals surface area contributed by atoms with E-state index in [1.807, 2.05) is 48.5 Å². The third-order valence-electron chi connectivity index (χ3n) is 4.89. The molecule has 4 aromatic rings. The average Bonchev–Trinajstić information content (AvgIpc) is 3.36. The number of carbonyl (C=O) groups excluding carboxylic acids is 1. The summed E-state index contributed by atoms with van der Waals surface area (Å²) in [6, 6.07) is 24.0. The number of benzene rings is 3. The molecular formula is C22H16N4OS. The standard InChI is InChI=1S/C22H16N4OS/c27-21(14-28-22-23-24-25-26(22)18-7-2-1-3-8-18)17-11-10-16-12-15-6-4-5-9-19(15)20(16)13-17/h1-11,13H,12,14H2. The zero-order valence-corrected chi connectivity index (χ0v) is 15.8. The largest absolute Gasteiger partial charge is 0.293 e. The first-order valence-electron chi connectivity index (χ1n) is 9.00. The molecule has 1 aliphatic rings. The van der Waals surface area contributed by atoms with Gasteiger partial charge in [0, 0.05) is 5.56 Å². The topological polar surface area (TPSA) is 60.7 Å². The minimum atomic E-state index is 0.0693. The highest BCUT2D eigenvalue weighted by Gasteiger charge is 2.20. The predicted molar refractivity (Wildman–Crippen MR) is 109 cm³/mol. The third-order valence-corrected chi connectivity index (χ3v) is 5.81. The predicted octanol–water partition coefficient (Wildman–Crippen LogP) is 4.21. The number of Topliss-reactive ketones (excluding diaryl/α,β-unsaturated/α-hetero) is 1. The molecule has 0 saturated heterocycles. The number of para-hydroxylation sites is 1. The van der Waals surface area contributed by atoms with Gasteiger partial charge < -0.3 is 0 Å². The summed E-state index contributed by atoms with van der Waals surface area (Å²) in [4.78, 5) is 12.8. The molecular weight excluding hydrogens is 368 g/mol. The monoisotopic (exact) mass is 384 g/mol. The summed E-state index contributed by atoms with van der Waals surface area (Å²) in [6.45, 7) is 0. The number of carbonyl (C=O) groups is 1. The van der Waals surface area contributed by atoms with E-state index in [0.717, 1.165) is 17.7 Å². The SMILES string of the molecule is O=C(CSc1nnnn1-c1ccccc1)c1ccc2c(c1)-c1ccccc1C2. The Bertz CT molecular complexity index is 1170. The normalized spacial score (nSPS) is 11.9. The quantitative estimate of drug-likeness (QED) is 0.336. The van der Waals surface area contributed by atoms with Gasteiger partial charge in [0.25, 0.3) is 0 Å². The van der Waals surface area contributed by atoms with E-state index < -0.39 is 0 Å². The maximum atomic E-state index is 12.8. The molecule has 0 atom stereocenters. The van der Waals surface area contributed by atoms with E-state index in [9.17, 15) is 4.79 Å². The summed E-state index contributed by atoms with van der Waals surface area (Å²) in [5.74, 6) is 0.355. The number of hydrogen-bond acceptors (Lipinski definition) is 5. The number of fused-ring (bicyclic) bond motifs is 3. The molecule has 1 aliphatic carbocycles. The molecule has 0 N–H and O–H groups in total. The third kappa shape index (κ3) is 3.01. The molecule has 1 heterocycles. The first-order valence-corrected chi connectivity index (χ1v) is 9.99. The summed E-state index contributed by atoms with van der Waals surface area (Å²) >= 11 is 1.35. The van der Waals surface area contributed by atoms with Crippen molar-refractivity contribution in [1.82, 2.24) is 20.2 Å². The summed E-state index contributed by atoms with van der Waals surface area (Å²) in [5, 5.41) is 12.4. The first-order chi connectivity index (χ1) is 13.8. The van der Waals surface area contributed by atoms with Crippen LogP contribution in [0.4, 0.5) is 0 Å². The van der Waals surface area contributed by atoms with Gasteiger partial charge in [-0.1, -0.05) is 66.4 Å². The number of tetrazole rings is 1. The summed E-state index contributed by atoms with van der Waals surface area (Å²) < 4.78 is 1.65. The molecule has 28 heavy (non-hydrogen) atoms. The molecule has 5 rings (SSSR count). The number of hydrogen-bond donors (Lipinski definition) is 0. The van der Waals surface area contributed by atoms with Crippen LogP contribution in [0.1, 0.15) is 21.5 Å². The van der Waals surface area contributed by atoms with Crippen LogP contribution < -0.4 is 0 Å². The molecule has 0 bridgehead atoms. The second kappa shape index (κ2) is 7.05. The van der Waals surface area contributed by atoms with Gasteiger partial charge in [-0.15, -0.1) is 5.10 Å². The molecule has 6 heteroatoms. The van der Waals surface area contributed by atoms with Crippen molar-refractivity contribution in [3.63, 3.8) is 0 Å². The van der Waals surface area contributed by atoms with Crippen LogP contribution in [0, 0.1) is 0 Å². The van der Waals surface area contributed by atoms with Crippen LogP contribution >= 0.6 is 11.8 Å². The number of nitrogens with zero attached hydrogens (tertiary/aromatic N) is 4. The van der Waals surface area contributed by atoms with Gasteiger partial charge in [-0.25, -0.2) is 0 Å². The Morgan fingerprint density at radius 1 is 0.929 bits per heavy atom. The van der Waals surface area contributed by atoms with E-state index in [1.54, 1.807) is 4.68 Å². The van der Waals surface area contributed by atoms with Crippen LogP contribution in [0.25, 0.3) is 16.8 Å². The van der Waals surface area contributed by atoms with Crippen LogP contribution in [0.3, 0.4) is 0 Å². The molecule has 1 aromatic heterocycles. The summed E-state index contributed by atoms with van der Waals surface area (Å²) in [5.41, 5.74) is 6.59. The lowest BCUT2D eigenvalue weighted by molar-refractivity contribution is 0.102. The van der Waals surface area contributed by atoms with Gasteiger partial charge in [-0.2, -0.15) is 4.68 Å². The maximum absolute atomic E-state index is 12.8. The van der Waals surface area contributed by atoms with Gasteiger partial charge in [0.2, 0.25) is 5.16 Å². The molecule has 0 radical (unpaired) electrons. The molecule has 0 aliphatic heterocycles. The van der Waals surface area contributed by atoms with Crippen LogP contribution in [-0.2, 0) is 6.42 Å². The van der Waals surface area contributed by atoms with Crippen molar-refractivity contribution in [1.29, 1.82) is 0 Å². The fourth-order valence-corrected chi connectivity index (χ4v) is 4.30. The fraction of sp³-hybridized carbons (Fsp3) is 0.0909. The van der Waals surface area contributed by atoms with Crippen LogP contribution in [0.2, 0.25) is 0 Å². The molecule has 0 unspecified atom stereocenters. The first kappa shape index (κ1) is 16.9. The molecule has 0 spiro atoms. The molecule has 0 saturated carbocycles. The van der Waals surface area contributed by atoms with E-state index >= 15 is 0 Å². The summed E-state index contributed by atoms with van der Waals surface area (Å²) in [6.07, 6.45) is 0.931. The van der Waals surface area contributed by atoms with Gasteiger partial charge in [0.15, 0.2) is 5.78 Å². The lowest BCUT2D eigenvalue weighted by Gasteiger charge is -2.06. The average molecular weight is 384 g/mol. The molecule has 3 aromatic carbocycles. The minimum Gasteiger partial charge on any atom is -0.293 e. The van der Waals surface area contributed by atoms with Gasteiger partial charge in [0.05, 0.1) is 11.4 Å². The maximum Gasteiger partial charge on any atom is 0.214 e. The number of ketones is 1.